The number of likely N-dealkylation sites (tertiary alicyclic amines) is 1. The monoisotopic (exact) mass is 270 g/mol. The van der Waals surface area contributed by atoms with Crippen LogP contribution in [0.4, 0.5) is 4.79 Å². The fourth-order valence-electron chi connectivity index (χ4n) is 3.36. The molecule has 0 aromatic carbocycles. The van der Waals surface area contributed by atoms with Crippen molar-refractivity contribution in [2.75, 3.05) is 19.6 Å². The van der Waals surface area contributed by atoms with Crippen molar-refractivity contribution in [3.63, 3.8) is 0 Å². The number of ether oxygens (including phenoxy) is 1. The lowest BCUT2D eigenvalue weighted by molar-refractivity contribution is -0.130. The van der Waals surface area contributed by atoms with Crippen LogP contribution >= 0.6 is 0 Å². The van der Waals surface area contributed by atoms with Gasteiger partial charge in [-0.15, -0.1) is 0 Å². The minimum Gasteiger partial charge on any atom is -0.444 e. The Labute approximate surface area is 115 Å². The molecule has 0 radical (unpaired) electrons. The highest BCUT2D eigenvalue weighted by atomic mass is 16.6. The number of nitrogens with two attached hydrogens (primary N) is 1. The molecule has 1 saturated heterocycles. The Morgan fingerprint density at radius 1 is 1.37 bits per heavy atom. The molecule has 2 atom stereocenters. The maximum atomic E-state index is 12.1. The van der Waals surface area contributed by atoms with Gasteiger partial charge in [0, 0.05) is 31.5 Å². The maximum Gasteiger partial charge on any atom is 0.410 e. The predicted molar refractivity (Wildman–Crippen MR) is 72.6 cm³/mol. The predicted octanol–water partition coefficient (Wildman–Crippen LogP) is 1.34. The molecule has 3 N–H and O–H groups in total. The molecule has 2 fully saturated rings. The first-order valence-corrected chi connectivity index (χ1v) is 7.16. The third kappa shape index (κ3) is 2.87. The summed E-state index contributed by atoms with van der Waals surface area (Å²) in [6, 6.07) is 0. The molecule has 1 amide bonds. The van der Waals surface area contributed by atoms with Gasteiger partial charge in [-0.25, -0.2) is 4.79 Å². The number of carbonyl (C=O) groups excluding carboxylic acids is 1. The van der Waals surface area contributed by atoms with Crippen molar-refractivity contribution in [2.45, 2.75) is 51.2 Å². The van der Waals surface area contributed by atoms with E-state index in [1.54, 1.807) is 4.90 Å². The molecule has 5 nitrogen and oxygen atoms in total. The van der Waals surface area contributed by atoms with Gasteiger partial charge in [-0.3, -0.25) is 0 Å². The van der Waals surface area contributed by atoms with Gasteiger partial charge < -0.3 is 20.5 Å². The lowest BCUT2D eigenvalue weighted by atomic mass is 9.65. The van der Waals surface area contributed by atoms with Crippen molar-refractivity contribution in [1.82, 2.24) is 4.90 Å². The number of carbonyl (C=O) groups is 1. The molecule has 2 unspecified atom stereocenters. The fraction of sp³-hybridized carbons (Fsp3) is 0.929. The minimum absolute atomic E-state index is 0.0810. The zero-order chi connectivity index (χ0) is 14.3. The van der Waals surface area contributed by atoms with Crippen LogP contribution in [0.1, 0.15) is 40.0 Å². The van der Waals surface area contributed by atoms with Gasteiger partial charge in [0.25, 0.3) is 0 Å². The SMILES string of the molecule is CC(C)(C)OC(=O)N1CC2CCCC(C1)C2(O)CN. The van der Waals surface area contributed by atoms with E-state index in [2.05, 4.69) is 0 Å². The second-order valence-corrected chi connectivity index (χ2v) is 6.91. The molecule has 1 heterocycles. The Morgan fingerprint density at radius 2 is 1.89 bits per heavy atom. The number of rotatable bonds is 1. The smallest absolute Gasteiger partial charge is 0.410 e. The van der Waals surface area contributed by atoms with E-state index in [1.807, 2.05) is 20.8 Å². The zero-order valence-corrected chi connectivity index (χ0v) is 12.2. The van der Waals surface area contributed by atoms with Gasteiger partial charge in [-0.05, 0) is 33.6 Å². The quantitative estimate of drug-likeness (QED) is 0.754. The number of hydrogen-bond donors (Lipinski definition) is 2. The summed E-state index contributed by atoms with van der Waals surface area (Å²) in [5.74, 6) is 0.162. The number of amides is 1. The van der Waals surface area contributed by atoms with Gasteiger partial charge in [-0.2, -0.15) is 0 Å². The first kappa shape index (κ1) is 14.6. The topological polar surface area (TPSA) is 75.8 Å². The molecule has 0 spiro atoms. The van der Waals surface area contributed by atoms with Gasteiger partial charge in [0.2, 0.25) is 0 Å². The summed E-state index contributed by atoms with van der Waals surface area (Å²) in [7, 11) is 0. The van der Waals surface area contributed by atoms with Crippen LogP contribution in [0.2, 0.25) is 0 Å². The van der Waals surface area contributed by atoms with Gasteiger partial charge in [0.1, 0.15) is 5.60 Å². The van der Waals surface area contributed by atoms with E-state index in [4.69, 9.17) is 10.5 Å². The number of nitrogens with zero attached hydrogens (tertiary/aromatic N) is 1. The van der Waals surface area contributed by atoms with Crippen molar-refractivity contribution in [1.29, 1.82) is 0 Å². The Balaban J connectivity index is 2.07. The summed E-state index contributed by atoms with van der Waals surface area (Å²) < 4.78 is 5.42. The number of aliphatic hydroxyl groups is 1. The Bertz CT molecular complexity index is 337. The van der Waals surface area contributed by atoms with Crippen molar-refractivity contribution < 1.29 is 14.6 Å². The second-order valence-electron chi connectivity index (χ2n) is 6.91. The minimum atomic E-state index is -0.795. The highest BCUT2D eigenvalue weighted by molar-refractivity contribution is 5.68. The van der Waals surface area contributed by atoms with Crippen LogP contribution in [0.15, 0.2) is 0 Å². The van der Waals surface area contributed by atoms with Crippen molar-refractivity contribution in [3.8, 4) is 0 Å². The summed E-state index contributed by atoms with van der Waals surface area (Å²) >= 11 is 0. The maximum absolute atomic E-state index is 12.1. The number of piperidine rings is 1. The largest absolute Gasteiger partial charge is 0.444 e. The lowest BCUT2D eigenvalue weighted by Crippen LogP contribution is -2.64. The molecule has 0 aromatic rings. The van der Waals surface area contributed by atoms with Crippen LogP contribution in [-0.2, 0) is 4.74 Å². The molecule has 2 rings (SSSR count). The highest BCUT2D eigenvalue weighted by Crippen LogP contribution is 2.42. The first-order chi connectivity index (χ1) is 8.76. The molecule has 2 aliphatic rings. The summed E-state index contributed by atoms with van der Waals surface area (Å²) in [6.45, 7) is 6.99. The molecule has 1 aliphatic heterocycles. The lowest BCUT2D eigenvalue weighted by Gasteiger charge is -2.52. The van der Waals surface area contributed by atoms with E-state index < -0.39 is 11.2 Å². The van der Waals surface area contributed by atoms with Crippen LogP contribution in [0.3, 0.4) is 0 Å². The molecule has 0 aromatic heterocycles. The summed E-state index contributed by atoms with van der Waals surface area (Å²) in [4.78, 5) is 13.9. The van der Waals surface area contributed by atoms with E-state index in [1.165, 1.54) is 0 Å². The van der Waals surface area contributed by atoms with E-state index in [9.17, 15) is 9.90 Å². The first-order valence-electron chi connectivity index (χ1n) is 7.16. The van der Waals surface area contributed by atoms with Crippen molar-refractivity contribution in [3.05, 3.63) is 0 Å². The third-order valence-corrected chi connectivity index (χ3v) is 4.38. The third-order valence-electron chi connectivity index (χ3n) is 4.38. The average molecular weight is 270 g/mol. The van der Waals surface area contributed by atoms with E-state index in [0.29, 0.717) is 13.1 Å². The second kappa shape index (κ2) is 4.94. The van der Waals surface area contributed by atoms with Crippen LogP contribution < -0.4 is 5.73 Å². The van der Waals surface area contributed by atoms with E-state index in [0.717, 1.165) is 19.3 Å². The number of hydrogen-bond acceptors (Lipinski definition) is 4. The van der Waals surface area contributed by atoms with Crippen LogP contribution in [0.5, 0.6) is 0 Å². The fourth-order valence-corrected chi connectivity index (χ4v) is 3.36. The molecule has 1 aliphatic carbocycles. The van der Waals surface area contributed by atoms with E-state index in [-0.39, 0.29) is 24.5 Å². The zero-order valence-electron chi connectivity index (χ0n) is 12.2. The summed E-state index contributed by atoms with van der Waals surface area (Å²) in [6.07, 6.45) is 2.70. The Kier molecular flexibility index (Phi) is 3.80. The highest BCUT2D eigenvalue weighted by Gasteiger charge is 2.50. The van der Waals surface area contributed by atoms with Crippen LogP contribution in [0.25, 0.3) is 0 Å². The van der Waals surface area contributed by atoms with Crippen LogP contribution in [-0.4, -0.2) is 46.9 Å². The molecule has 110 valence electrons. The standard InChI is InChI=1S/C14H26N2O3/c1-13(2,3)19-12(17)16-7-10-5-4-6-11(8-16)14(10,18)9-15/h10-11,18H,4-9,15H2,1-3H3. The summed E-state index contributed by atoms with van der Waals surface area (Å²) in [5.41, 5.74) is 4.49. The molecule has 19 heavy (non-hydrogen) atoms. The Morgan fingerprint density at radius 3 is 2.32 bits per heavy atom. The van der Waals surface area contributed by atoms with Gasteiger partial charge in [0.15, 0.2) is 0 Å². The van der Waals surface area contributed by atoms with Gasteiger partial charge >= 0.3 is 6.09 Å². The summed E-state index contributed by atoms with van der Waals surface area (Å²) in [5, 5.41) is 10.7. The van der Waals surface area contributed by atoms with Gasteiger partial charge in [0.05, 0.1) is 5.60 Å². The number of fused-ring (bicyclic) bond motifs is 2. The molecular weight excluding hydrogens is 244 g/mol. The molecular formula is C14H26N2O3. The van der Waals surface area contributed by atoms with Crippen molar-refractivity contribution in [2.24, 2.45) is 17.6 Å². The molecule has 1 saturated carbocycles. The molecule has 5 heteroatoms. The average Bonchev–Trinajstić information content (AvgIpc) is 2.25. The van der Waals surface area contributed by atoms with E-state index >= 15 is 0 Å². The molecule has 2 bridgehead atoms. The normalized spacial score (nSPS) is 35.1. The van der Waals surface area contributed by atoms with Gasteiger partial charge in [-0.1, -0.05) is 6.42 Å². The van der Waals surface area contributed by atoms with Crippen LogP contribution in [0, 0.1) is 11.8 Å². The van der Waals surface area contributed by atoms with Crippen molar-refractivity contribution >= 4 is 6.09 Å². The Hall–Kier alpha value is -0.810.